The van der Waals surface area contributed by atoms with Crippen LogP contribution in [0.15, 0.2) is 24.8 Å². The van der Waals surface area contributed by atoms with Crippen molar-refractivity contribution in [2.24, 2.45) is 0 Å². The van der Waals surface area contributed by atoms with Crippen molar-refractivity contribution in [3.63, 3.8) is 0 Å². The number of benzene rings is 1. The predicted molar refractivity (Wildman–Crippen MR) is 66.3 cm³/mol. The summed E-state index contributed by atoms with van der Waals surface area (Å²) in [5, 5.41) is 0.332. The second-order valence-electron chi connectivity index (χ2n) is 3.66. The first-order chi connectivity index (χ1) is 8.34. The first-order valence-corrected chi connectivity index (χ1v) is 5.30. The maximum absolute atomic E-state index is 12.6. The number of aromatic nitrogens is 1. The van der Waals surface area contributed by atoms with Crippen LogP contribution in [-0.4, -0.2) is 4.98 Å². The molecule has 2 nitrogen and oxygen atoms in total. The summed E-state index contributed by atoms with van der Waals surface area (Å²) in [4.78, 5) is 3.93. The Bertz CT molecular complexity index is 635. The average Bonchev–Trinajstić information content (AvgIpc) is 2.29. The number of nitrogens with zero attached hydrogens (tertiary/aromatic N) is 1. The molecule has 1 aromatic heterocycles. The van der Waals surface area contributed by atoms with Gasteiger partial charge in [-0.3, -0.25) is 0 Å². The third kappa shape index (κ3) is 2.01. The molecule has 1 heterocycles. The summed E-state index contributed by atoms with van der Waals surface area (Å²) in [5.41, 5.74) is 5.73. The Labute approximate surface area is 106 Å². The van der Waals surface area contributed by atoms with Gasteiger partial charge in [-0.1, -0.05) is 24.3 Å². The Morgan fingerprint density at radius 2 is 2.00 bits per heavy atom. The van der Waals surface area contributed by atoms with Crippen LogP contribution >= 0.6 is 11.6 Å². The minimum atomic E-state index is -4.42. The topological polar surface area (TPSA) is 38.9 Å². The average molecular weight is 273 g/mol. The summed E-state index contributed by atoms with van der Waals surface area (Å²) in [6.07, 6.45) is -3.05. The van der Waals surface area contributed by atoms with Crippen molar-refractivity contribution in [3.8, 4) is 0 Å². The van der Waals surface area contributed by atoms with E-state index in [1.54, 1.807) is 0 Å². The molecule has 2 N–H and O–H groups in total. The van der Waals surface area contributed by atoms with E-state index in [4.69, 9.17) is 17.3 Å². The zero-order chi connectivity index (χ0) is 13.5. The van der Waals surface area contributed by atoms with E-state index in [-0.39, 0.29) is 16.2 Å². The maximum Gasteiger partial charge on any atom is 0.416 e. The van der Waals surface area contributed by atoms with Gasteiger partial charge in [-0.25, -0.2) is 4.98 Å². The fraction of sp³-hybridized carbons (Fsp3) is 0.0833. The molecular weight excluding hydrogens is 265 g/mol. The summed E-state index contributed by atoms with van der Waals surface area (Å²) in [7, 11) is 0. The van der Waals surface area contributed by atoms with Crippen molar-refractivity contribution in [1.29, 1.82) is 0 Å². The summed E-state index contributed by atoms with van der Waals surface area (Å²) in [6, 6.07) is 3.21. The van der Waals surface area contributed by atoms with Crippen LogP contribution in [0, 0.1) is 0 Å². The molecule has 94 valence electrons. The third-order valence-electron chi connectivity index (χ3n) is 2.55. The van der Waals surface area contributed by atoms with Crippen molar-refractivity contribution >= 4 is 34.3 Å². The molecular formula is C12H8ClF3N2. The summed E-state index contributed by atoms with van der Waals surface area (Å²) < 4.78 is 37.9. The Morgan fingerprint density at radius 3 is 2.56 bits per heavy atom. The molecule has 0 atom stereocenters. The number of rotatable bonds is 1. The van der Waals surface area contributed by atoms with Crippen molar-refractivity contribution in [2.45, 2.75) is 6.18 Å². The number of hydrogen-bond acceptors (Lipinski definition) is 2. The lowest BCUT2D eigenvalue weighted by Gasteiger charge is -2.11. The smallest absolute Gasteiger partial charge is 0.396 e. The van der Waals surface area contributed by atoms with Gasteiger partial charge in [0.15, 0.2) is 5.15 Å². The molecule has 0 aliphatic carbocycles. The standard InChI is InChI=1S/C12H8ClF3N2/c1-2-7-8-5-6(12(14,15)16)3-4-9(8)18-11(13)10(7)17/h2-5H,1,17H2. The largest absolute Gasteiger partial charge is 0.416 e. The highest BCUT2D eigenvalue weighted by atomic mass is 35.5. The molecule has 6 heteroatoms. The van der Waals surface area contributed by atoms with E-state index in [9.17, 15) is 13.2 Å². The van der Waals surface area contributed by atoms with Crippen molar-refractivity contribution in [3.05, 3.63) is 41.1 Å². The predicted octanol–water partition coefficient (Wildman–Crippen LogP) is 4.13. The monoisotopic (exact) mass is 272 g/mol. The quantitative estimate of drug-likeness (QED) is 0.793. The Morgan fingerprint density at radius 1 is 1.33 bits per heavy atom. The molecule has 0 unspecified atom stereocenters. The molecule has 1 aromatic carbocycles. The molecule has 0 amide bonds. The second kappa shape index (κ2) is 4.17. The van der Waals surface area contributed by atoms with Crippen molar-refractivity contribution < 1.29 is 13.2 Å². The van der Waals surface area contributed by atoms with Gasteiger partial charge in [0.05, 0.1) is 16.8 Å². The van der Waals surface area contributed by atoms with Crippen LogP contribution in [-0.2, 0) is 6.18 Å². The Balaban J connectivity index is 2.84. The normalized spacial score (nSPS) is 11.8. The highest BCUT2D eigenvalue weighted by Gasteiger charge is 2.30. The number of hydrogen-bond donors (Lipinski definition) is 1. The highest BCUT2D eigenvalue weighted by Crippen LogP contribution is 2.35. The first kappa shape index (κ1) is 12.7. The minimum absolute atomic E-state index is 0.0529. The van der Waals surface area contributed by atoms with Gasteiger partial charge >= 0.3 is 6.18 Å². The fourth-order valence-corrected chi connectivity index (χ4v) is 1.86. The SMILES string of the molecule is C=Cc1c(N)c(Cl)nc2ccc(C(F)(F)F)cc12. The van der Waals surface area contributed by atoms with Gasteiger partial charge in [-0.15, -0.1) is 0 Å². The fourth-order valence-electron chi connectivity index (χ4n) is 1.67. The minimum Gasteiger partial charge on any atom is -0.396 e. The van der Waals surface area contributed by atoms with E-state index in [2.05, 4.69) is 11.6 Å². The number of alkyl halides is 3. The number of pyridine rings is 1. The van der Waals surface area contributed by atoms with Crippen LogP contribution in [0.1, 0.15) is 11.1 Å². The molecule has 0 bridgehead atoms. The number of fused-ring (bicyclic) bond motifs is 1. The molecule has 0 saturated carbocycles. The number of halogens is 4. The highest BCUT2D eigenvalue weighted by molar-refractivity contribution is 6.33. The number of nitrogen functional groups attached to an aromatic ring is 1. The van der Waals surface area contributed by atoms with Crippen molar-refractivity contribution in [1.82, 2.24) is 4.98 Å². The van der Waals surface area contributed by atoms with E-state index in [0.29, 0.717) is 11.1 Å². The first-order valence-electron chi connectivity index (χ1n) is 4.93. The van der Waals surface area contributed by atoms with E-state index in [0.717, 1.165) is 12.1 Å². The molecule has 2 aromatic rings. The molecule has 0 radical (unpaired) electrons. The molecule has 0 aliphatic heterocycles. The van der Waals surface area contributed by atoms with E-state index < -0.39 is 11.7 Å². The zero-order valence-electron chi connectivity index (χ0n) is 9.05. The van der Waals surface area contributed by atoms with Crippen LogP contribution in [0.25, 0.3) is 17.0 Å². The second-order valence-corrected chi connectivity index (χ2v) is 4.02. The zero-order valence-corrected chi connectivity index (χ0v) is 9.81. The van der Waals surface area contributed by atoms with Gasteiger partial charge in [0.1, 0.15) is 0 Å². The molecule has 0 fully saturated rings. The van der Waals surface area contributed by atoms with E-state index in [1.165, 1.54) is 12.1 Å². The molecule has 0 spiro atoms. The van der Waals surface area contributed by atoms with Gasteiger partial charge in [-0.2, -0.15) is 13.2 Å². The molecule has 0 aliphatic rings. The van der Waals surface area contributed by atoms with Gasteiger partial charge in [-0.05, 0) is 18.2 Å². The van der Waals surface area contributed by atoms with Gasteiger partial charge < -0.3 is 5.73 Å². The number of anilines is 1. The molecule has 2 rings (SSSR count). The van der Waals surface area contributed by atoms with Crippen molar-refractivity contribution in [2.75, 3.05) is 5.73 Å². The van der Waals surface area contributed by atoms with Gasteiger partial charge in [0, 0.05) is 10.9 Å². The lowest BCUT2D eigenvalue weighted by Crippen LogP contribution is -2.05. The Kier molecular flexibility index (Phi) is 2.94. The lowest BCUT2D eigenvalue weighted by atomic mass is 10.0. The van der Waals surface area contributed by atoms with Crippen LogP contribution in [0.5, 0.6) is 0 Å². The van der Waals surface area contributed by atoms with Crippen LogP contribution in [0.2, 0.25) is 5.15 Å². The molecule has 18 heavy (non-hydrogen) atoms. The van der Waals surface area contributed by atoms with Gasteiger partial charge in [0.2, 0.25) is 0 Å². The van der Waals surface area contributed by atoms with E-state index in [1.807, 2.05) is 0 Å². The van der Waals surface area contributed by atoms with E-state index >= 15 is 0 Å². The summed E-state index contributed by atoms with van der Waals surface area (Å²) in [5.74, 6) is 0. The summed E-state index contributed by atoms with van der Waals surface area (Å²) >= 11 is 5.80. The Hall–Kier alpha value is -1.75. The molecule has 0 saturated heterocycles. The summed E-state index contributed by atoms with van der Waals surface area (Å²) in [6.45, 7) is 3.53. The number of nitrogens with two attached hydrogens (primary N) is 1. The maximum atomic E-state index is 12.6. The van der Waals surface area contributed by atoms with Gasteiger partial charge in [0.25, 0.3) is 0 Å². The van der Waals surface area contributed by atoms with Crippen LogP contribution in [0.4, 0.5) is 18.9 Å². The lowest BCUT2D eigenvalue weighted by molar-refractivity contribution is -0.137. The van der Waals surface area contributed by atoms with Crippen LogP contribution in [0.3, 0.4) is 0 Å². The van der Waals surface area contributed by atoms with Crippen LogP contribution < -0.4 is 5.73 Å². The third-order valence-corrected chi connectivity index (χ3v) is 2.84.